The third-order valence-electron chi connectivity index (χ3n) is 15.3. The van der Waals surface area contributed by atoms with Crippen molar-refractivity contribution in [1.29, 1.82) is 0 Å². The lowest BCUT2D eigenvalue weighted by Crippen LogP contribution is -2.59. The van der Waals surface area contributed by atoms with Crippen LogP contribution in [0.1, 0.15) is 121 Å². The molecule has 8 rings (SSSR count). The van der Waals surface area contributed by atoms with Crippen LogP contribution in [0.2, 0.25) is 0 Å². The zero-order valence-electron chi connectivity index (χ0n) is 41.6. The third-order valence-corrected chi connectivity index (χ3v) is 15.3. The second-order valence-corrected chi connectivity index (χ2v) is 20.8. The van der Waals surface area contributed by atoms with E-state index in [0.717, 1.165) is 56.3 Å². The van der Waals surface area contributed by atoms with Crippen LogP contribution in [0, 0.1) is 17.8 Å². The molecular formula is C52H71F3N10O7. The highest BCUT2D eigenvalue weighted by Gasteiger charge is 2.45. The molecule has 4 heterocycles. The molecule has 0 radical (unpaired) electrons. The Labute approximate surface area is 419 Å². The van der Waals surface area contributed by atoms with Crippen LogP contribution in [0.4, 0.5) is 19.0 Å². The number of pyridine rings is 1. The Hall–Kier alpha value is -5.47. The van der Waals surface area contributed by atoms with Crippen molar-refractivity contribution in [1.82, 2.24) is 46.0 Å². The van der Waals surface area contributed by atoms with Crippen LogP contribution in [0.15, 0.2) is 49.1 Å². The number of nitrogens with one attached hydrogen (secondary N) is 5. The maximum atomic E-state index is 14.1. The molecule has 5 fully saturated rings. The Morgan fingerprint density at radius 2 is 1.60 bits per heavy atom. The average Bonchev–Trinajstić information content (AvgIpc) is 3.88. The Balaban J connectivity index is 0.733. The predicted molar refractivity (Wildman–Crippen MR) is 262 cm³/mol. The van der Waals surface area contributed by atoms with Crippen LogP contribution in [0.3, 0.4) is 0 Å². The summed E-state index contributed by atoms with van der Waals surface area (Å²) in [6.07, 6.45) is 9.07. The first-order valence-corrected chi connectivity index (χ1v) is 26.0. The molecule has 6 atom stereocenters. The van der Waals surface area contributed by atoms with E-state index in [4.69, 9.17) is 9.47 Å². The van der Waals surface area contributed by atoms with Gasteiger partial charge in [0.25, 0.3) is 0 Å². The lowest BCUT2D eigenvalue weighted by Gasteiger charge is -2.42. The predicted octanol–water partition coefficient (Wildman–Crippen LogP) is 5.45. The Kier molecular flexibility index (Phi) is 17.6. The van der Waals surface area contributed by atoms with E-state index >= 15 is 0 Å². The van der Waals surface area contributed by atoms with Crippen molar-refractivity contribution in [2.75, 3.05) is 45.2 Å². The molecule has 20 heteroatoms. The first-order chi connectivity index (χ1) is 34.6. The highest BCUT2D eigenvalue weighted by Crippen LogP contribution is 2.38. The maximum Gasteiger partial charge on any atom is 0.416 e. The SMILES string of the molecule is CC(C)CN[C@@H]1CC[C@H](N2CC[C@H](Nc3ncnc4ccc(C(F)(F)F)cc34)C2=O)[C@H](NC(=O)C2CCC(NC(=O)CCOC3CCC(OCCNC(=O)[C@H]4CC(=O)N(C)[C@@H]4c4cccnc4)CC3)CC2)C1. The molecule has 5 aliphatic rings. The minimum absolute atomic E-state index is 0.0331. The summed E-state index contributed by atoms with van der Waals surface area (Å²) in [6.45, 7) is 6.60. The number of hydrogen-bond donors (Lipinski definition) is 5. The summed E-state index contributed by atoms with van der Waals surface area (Å²) in [4.78, 5) is 82.6. The van der Waals surface area contributed by atoms with Gasteiger partial charge in [-0.05, 0) is 119 Å². The number of alkyl halides is 3. The summed E-state index contributed by atoms with van der Waals surface area (Å²) < 4.78 is 53.0. The van der Waals surface area contributed by atoms with Gasteiger partial charge in [-0.15, -0.1) is 0 Å². The smallest absolute Gasteiger partial charge is 0.378 e. The summed E-state index contributed by atoms with van der Waals surface area (Å²) >= 11 is 0. The third kappa shape index (κ3) is 13.4. The number of anilines is 1. The van der Waals surface area contributed by atoms with Crippen LogP contribution in [-0.4, -0.2) is 137 Å². The number of carbonyl (C=O) groups excluding carboxylic acids is 5. The lowest BCUT2D eigenvalue weighted by molar-refractivity contribution is -0.137. The highest BCUT2D eigenvalue weighted by atomic mass is 19.4. The van der Waals surface area contributed by atoms with Crippen molar-refractivity contribution < 1.29 is 46.6 Å². The summed E-state index contributed by atoms with van der Waals surface area (Å²) in [5.41, 5.74) is 0.346. The van der Waals surface area contributed by atoms with Gasteiger partial charge in [0.05, 0.1) is 60.5 Å². The fraction of sp³-hybridized carbons (Fsp3) is 0.654. The minimum atomic E-state index is -4.55. The van der Waals surface area contributed by atoms with E-state index < -0.39 is 23.7 Å². The fourth-order valence-electron chi connectivity index (χ4n) is 11.4. The number of hydrogen-bond acceptors (Lipinski definition) is 12. The number of amides is 5. The highest BCUT2D eigenvalue weighted by molar-refractivity contribution is 5.93. The quantitative estimate of drug-likeness (QED) is 0.0951. The average molecular weight is 1010 g/mol. The molecular weight excluding hydrogens is 934 g/mol. The van der Waals surface area contributed by atoms with Gasteiger partial charge in [-0.25, -0.2) is 9.97 Å². The summed E-state index contributed by atoms with van der Waals surface area (Å²) in [5, 5.41) is 16.4. The minimum Gasteiger partial charge on any atom is -0.378 e. The number of benzene rings is 1. The Morgan fingerprint density at radius 1 is 0.861 bits per heavy atom. The van der Waals surface area contributed by atoms with Gasteiger partial charge in [0.15, 0.2) is 0 Å². The van der Waals surface area contributed by atoms with Crippen LogP contribution in [-0.2, 0) is 39.6 Å². The van der Waals surface area contributed by atoms with Gasteiger partial charge < -0.3 is 45.9 Å². The second kappa shape index (κ2) is 24.0. The number of halogens is 3. The molecule has 17 nitrogen and oxygen atoms in total. The van der Waals surface area contributed by atoms with E-state index in [-0.39, 0.29) is 102 Å². The Morgan fingerprint density at radius 3 is 2.31 bits per heavy atom. The van der Waals surface area contributed by atoms with Crippen molar-refractivity contribution in [2.45, 2.75) is 158 Å². The largest absolute Gasteiger partial charge is 0.416 e. The van der Waals surface area contributed by atoms with Crippen molar-refractivity contribution in [3.8, 4) is 0 Å². The topological polar surface area (TPSA) is 209 Å². The summed E-state index contributed by atoms with van der Waals surface area (Å²) in [7, 11) is 1.72. The van der Waals surface area contributed by atoms with Gasteiger partial charge in [-0.2, -0.15) is 13.2 Å². The fourth-order valence-corrected chi connectivity index (χ4v) is 11.4. The van der Waals surface area contributed by atoms with E-state index in [1.165, 1.54) is 12.4 Å². The van der Waals surface area contributed by atoms with Gasteiger partial charge in [0.1, 0.15) is 18.2 Å². The van der Waals surface area contributed by atoms with Crippen molar-refractivity contribution in [3.05, 3.63) is 60.2 Å². The standard InChI is InChI=1S/C52H71F3N10O7/c1-31(2)28-58-36-11-17-44(65-22-18-42(51(65)70)62-48-39-25-34(52(53,54)55)8-16-41(39)59-30-60-48)43(26-36)63-49(68)32-6-9-35(10-7-32)61-45(66)19-23-71-37-12-14-38(15-13-37)72-24-21-57-50(69)40-27-46(67)64(3)47(40)33-5-4-20-56-29-33/h4-5,8,16,20,25,29-32,35-38,40,42-44,47,58H,6-7,9-15,17-19,21-24,26-28H2,1-3H3,(H,57,69)(H,61,66)(H,63,68)(H,59,60,62)/t32?,35?,36-,37?,38?,40+,42+,43-,44+,47-/m1/s1. The van der Waals surface area contributed by atoms with E-state index in [2.05, 4.69) is 55.4 Å². The molecule has 0 spiro atoms. The van der Waals surface area contributed by atoms with Crippen LogP contribution >= 0.6 is 0 Å². The number of ether oxygens (including phenoxy) is 2. The molecule has 5 N–H and O–H groups in total. The molecule has 3 aliphatic carbocycles. The van der Waals surface area contributed by atoms with Gasteiger partial charge in [0, 0.05) is 68.8 Å². The monoisotopic (exact) mass is 1000 g/mol. The molecule has 5 amide bonds. The first kappa shape index (κ1) is 52.8. The molecule has 0 bridgehead atoms. The van der Waals surface area contributed by atoms with Gasteiger partial charge in [0.2, 0.25) is 29.5 Å². The number of aromatic nitrogens is 3. The number of likely N-dealkylation sites (tertiary alicyclic amines) is 2. The molecule has 1 aromatic carbocycles. The first-order valence-electron chi connectivity index (χ1n) is 26.0. The van der Waals surface area contributed by atoms with Gasteiger partial charge >= 0.3 is 6.18 Å². The molecule has 392 valence electrons. The van der Waals surface area contributed by atoms with Crippen LogP contribution < -0.4 is 26.6 Å². The van der Waals surface area contributed by atoms with Crippen molar-refractivity contribution >= 4 is 46.3 Å². The van der Waals surface area contributed by atoms with Crippen LogP contribution in [0.25, 0.3) is 10.9 Å². The lowest BCUT2D eigenvalue weighted by atomic mass is 9.83. The molecule has 72 heavy (non-hydrogen) atoms. The zero-order valence-corrected chi connectivity index (χ0v) is 41.6. The van der Waals surface area contributed by atoms with E-state index in [9.17, 15) is 37.1 Å². The molecule has 0 unspecified atom stereocenters. The van der Waals surface area contributed by atoms with Gasteiger partial charge in [-0.1, -0.05) is 19.9 Å². The van der Waals surface area contributed by atoms with E-state index in [1.807, 2.05) is 11.0 Å². The zero-order chi connectivity index (χ0) is 50.9. The molecule has 2 aromatic heterocycles. The van der Waals surface area contributed by atoms with Gasteiger partial charge in [-0.3, -0.25) is 29.0 Å². The summed E-state index contributed by atoms with van der Waals surface area (Å²) in [6, 6.07) is 5.52. The van der Waals surface area contributed by atoms with E-state index in [0.29, 0.717) is 82.7 Å². The molecule has 3 aromatic rings. The number of rotatable bonds is 19. The Bertz CT molecular complexity index is 2350. The summed E-state index contributed by atoms with van der Waals surface area (Å²) in [5.74, 6) is -0.640. The second-order valence-electron chi connectivity index (χ2n) is 20.8. The normalized spacial score (nSPS) is 28.1. The number of carbonyl (C=O) groups is 5. The number of fused-ring (bicyclic) bond motifs is 1. The molecule has 3 saturated carbocycles. The number of nitrogens with zero attached hydrogens (tertiary/aromatic N) is 5. The van der Waals surface area contributed by atoms with Crippen molar-refractivity contribution in [3.63, 3.8) is 0 Å². The maximum absolute atomic E-state index is 14.1. The molecule has 2 saturated heterocycles. The molecule has 2 aliphatic heterocycles. The van der Waals surface area contributed by atoms with E-state index in [1.54, 1.807) is 30.4 Å². The van der Waals surface area contributed by atoms with Crippen LogP contribution in [0.5, 0.6) is 0 Å². The van der Waals surface area contributed by atoms with Crippen molar-refractivity contribution in [2.24, 2.45) is 17.8 Å².